The van der Waals surface area contributed by atoms with Crippen molar-refractivity contribution in [3.8, 4) is 0 Å². The fourth-order valence-electron chi connectivity index (χ4n) is 7.71. The van der Waals surface area contributed by atoms with E-state index in [9.17, 15) is 18.0 Å². The topological polar surface area (TPSA) is 78.0 Å². The molecule has 6 fully saturated rings. The number of carbonyl (C=O) groups is 2. The number of hydrogen-bond donors (Lipinski definition) is 0. The van der Waals surface area contributed by atoms with Gasteiger partial charge >= 0.3 is 0 Å². The molecular weight excluding hydrogens is 438 g/mol. The van der Waals surface area contributed by atoms with Crippen LogP contribution in [0.3, 0.4) is 0 Å². The average molecular weight is 472 g/mol. The SMILES string of the molecule is O=C1CCCN1c1ccc(S(=O)(=O)N2CCN(C(=O)C34CC5CC(CC(C5)C3)C4)CC2)cc1. The highest BCUT2D eigenvalue weighted by molar-refractivity contribution is 7.89. The molecule has 33 heavy (non-hydrogen) atoms. The van der Waals surface area contributed by atoms with Gasteiger partial charge < -0.3 is 9.80 Å². The molecule has 0 spiro atoms. The van der Waals surface area contributed by atoms with Crippen LogP contribution in [0, 0.1) is 23.2 Å². The normalized spacial score (nSPS) is 34.3. The number of hydrogen-bond acceptors (Lipinski definition) is 4. The molecule has 1 aromatic rings. The van der Waals surface area contributed by atoms with Crippen LogP contribution in [0.15, 0.2) is 29.2 Å². The van der Waals surface area contributed by atoms with Gasteiger partial charge in [0.05, 0.1) is 10.3 Å². The second kappa shape index (κ2) is 7.80. The van der Waals surface area contributed by atoms with Gasteiger partial charge in [0.1, 0.15) is 0 Å². The lowest BCUT2D eigenvalue weighted by Gasteiger charge is -2.57. The summed E-state index contributed by atoms with van der Waals surface area (Å²) in [7, 11) is -3.62. The number of nitrogens with zero attached hydrogens (tertiary/aromatic N) is 3. The molecule has 178 valence electrons. The quantitative estimate of drug-likeness (QED) is 0.677. The van der Waals surface area contributed by atoms with Crippen molar-refractivity contribution in [1.29, 1.82) is 0 Å². The molecule has 2 amide bonds. The third-order valence-electron chi connectivity index (χ3n) is 8.88. The monoisotopic (exact) mass is 471 g/mol. The lowest BCUT2D eigenvalue weighted by atomic mass is 9.49. The fraction of sp³-hybridized carbons (Fsp3) is 0.680. The van der Waals surface area contributed by atoms with Gasteiger partial charge in [-0.05, 0) is 87.0 Å². The van der Waals surface area contributed by atoms with E-state index in [1.807, 2.05) is 4.90 Å². The van der Waals surface area contributed by atoms with Crippen molar-refractivity contribution in [1.82, 2.24) is 9.21 Å². The summed E-state index contributed by atoms with van der Waals surface area (Å²) >= 11 is 0. The molecule has 2 saturated heterocycles. The van der Waals surface area contributed by atoms with Crippen LogP contribution in [0.4, 0.5) is 5.69 Å². The molecule has 0 aromatic heterocycles. The first-order valence-corrected chi connectivity index (χ1v) is 14.0. The van der Waals surface area contributed by atoms with Crippen LogP contribution in [-0.4, -0.2) is 62.2 Å². The maximum atomic E-state index is 13.6. The Labute approximate surface area is 196 Å². The molecule has 0 atom stereocenters. The summed E-state index contributed by atoms with van der Waals surface area (Å²) in [5, 5.41) is 0. The van der Waals surface area contributed by atoms with E-state index in [4.69, 9.17) is 0 Å². The predicted octanol–water partition coefficient (Wildman–Crippen LogP) is 2.86. The van der Waals surface area contributed by atoms with Crippen molar-refractivity contribution < 1.29 is 18.0 Å². The molecular formula is C25H33N3O4S. The van der Waals surface area contributed by atoms with E-state index in [0.717, 1.165) is 49.1 Å². The first kappa shape index (κ1) is 21.6. The highest BCUT2D eigenvalue weighted by Gasteiger charge is 2.55. The Morgan fingerprint density at radius 1 is 0.848 bits per heavy atom. The fourth-order valence-corrected chi connectivity index (χ4v) is 9.13. The highest BCUT2D eigenvalue weighted by Crippen LogP contribution is 2.60. The second-order valence-corrected chi connectivity index (χ2v) is 13.0. The summed E-state index contributed by atoms with van der Waals surface area (Å²) in [4.78, 5) is 29.5. The Balaban J connectivity index is 1.11. The number of carbonyl (C=O) groups excluding carboxylic acids is 2. The zero-order valence-corrected chi connectivity index (χ0v) is 19.9. The smallest absolute Gasteiger partial charge is 0.243 e. The maximum absolute atomic E-state index is 13.6. The Morgan fingerprint density at radius 2 is 1.42 bits per heavy atom. The number of amides is 2. The molecule has 2 aliphatic heterocycles. The zero-order valence-electron chi connectivity index (χ0n) is 19.1. The van der Waals surface area contributed by atoms with E-state index in [0.29, 0.717) is 45.1 Å². The van der Waals surface area contributed by atoms with E-state index in [2.05, 4.69) is 0 Å². The van der Waals surface area contributed by atoms with Gasteiger partial charge in [0.15, 0.2) is 0 Å². The maximum Gasteiger partial charge on any atom is 0.243 e. The molecule has 7 nitrogen and oxygen atoms in total. The van der Waals surface area contributed by atoms with Crippen molar-refractivity contribution in [2.75, 3.05) is 37.6 Å². The molecule has 7 rings (SSSR count). The first-order valence-electron chi connectivity index (χ1n) is 12.5. The van der Waals surface area contributed by atoms with Crippen LogP contribution in [0.25, 0.3) is 0 Å². The summed E-state index contributed by atoms with van der Waals surface area (Å²) in [5.74, 6) is 2.55. The Kier molecular flexibility index (Phi) is 5.11. The van der Waals surface area contributed by atoms with Gasteiger partial charge in [0.2, 0.25) is 21.8 Å². The Hall–Kier alpha value is -1.93. The summed E-state index contributed by atoms with van der Waals surface area (Å²) in [6.45, 7) is 2.31. The van der Waals surface area contributed by atoms with E-state index >= 15 is 0 Å². The van der Waals surface area contributed by atoms with Crippen LogP contribution < -0.4 is 4.90 Å². The van der Waals surface area contributed by atoms with Gasteiger partial charge in [-0.3, -0.25) is 9.59 Å². The molecule has 4 bridgehead atoms. The summed E-state index contributed by atoms with van der Waals surface area (Å²) < 4.78 is 28.0. The van der Waals surface area contributed by atoms with Gasteiger partial charge in [-0.1, -0.05) is 0 Å². The largest absolute Gasteiger partial charge is 0.340 e. The van der Waals surface area contributed by atoms with Gasteiger partial charge in [-0.25, -0.2) is 8.42 Å². The molecule has 4 aliphatic carbocycles. The van der Waals surface area contributed by atoms with E-state index in [1.165, 1.54) is 23.6 Å². The molecule has 0 N–H and O–H groups in total. The number of sulfonamides is 1. The van der Waals surface area contributed by atoms with Gasteiger partial charge in [0.25, 0.3) is 0 Å². The number of rotatable bonds is 4. The van der Waals surface area contributed by atoms with Crippen molar-refractivity contribution in [2.45, 2.75) is 56.3 Å². The zero-order chi connectivity index (χ0) is 22.8. The highest BCUT2D eigenvalue weighted by atomic mass is 32.2. The van der Waals surface area contributed by atoms with E-state index in [1.54, 1.807) is 29.2 Å². The minimum atomic E-state index is -3.62. The molecule has 0 radical (unpaired) electrons. The van der Waals surface area contributed by atoms with Crippen molar-refractivity contribution >= 4 is 27.5 Å². The summed E-state index contributed by atoms with van der Waals surface area (Å²) in [6, 6.07) is 6.65. The number of benzene rings is 1. The second-order valence-electron chi connectivity index (χ2n) is 11.0. The van der Waals surface area contributed by atoms with E-state index in [-0.39, 0.29) is 16.2 Å². The minimum absolute atomic E-state index is 0.0884. The van der Waals surface area contributed by atoms with Crippen LogP contribution >= 0.6 is 0 Å². The molecule has 1 aromatic carbocycles. The molecule has 4 saturated carbocycles. The van der Waals surface area contributed by atoms with Crippen LogP contribution in [0.5, 0.6) is 0 Å². The van der Waals surface area contributed by atoms with Crippen LogP contribution in [0.2, 0.25) is 0 Å². The lowest BCUT2D eigenvalue weighted by molar-refractivity contribution is -0.158. The standard InChI is InChI=1S/C25H33N3O4S/c29-23-2-1-7-28(23)21-3-5-22(6-4-21)33(31,32)27-10-8-26(9-11-27)24(30)25-15-18-12-19(16-25)14-20(13-18)17-25/h3-6,18-20H,1-2,7-17H2. The third kappa shape index (κ3) is 3.60. The molecule has 6 aliphatic rings. The lowest BCUT2D eigenvalue weighted by Crippen LogP contribution is -2.58. The summed E-state index contributed by atoms with van der Waals surface area (Å²) in [5.41, 5.74) is 0.584. The molecule has 8 heteroatoms. The van der Waals surface area contributed by atoms with Crippen LogP contribution in [-0.2, 0) is 19.6 Å². The Morgan fingerprint density at radius 3 is 1.94 bits per heavy atom. The summed E-state index contributed by atoms with van der Waals surface area (Å²) in [6.07, 6.45) is 8.44. The average Bonchev–Trinajstić information content (AvgIpc) is 3.24. The van der Waals surface area contributed by atoms with Gasteiger partial charge in [-0.2, -0.15) is 4.31 Å². The molecule has 2 heterocycles. The number of anilines is 1. The minimum Gasteiger partial charge on any atom is -0.340 e. The number of piperazine rings is 1. The van der Waals surface area contributed by atoms with Crippen molar-refractivity contribution in [3.05, 3.63) is 24.3 Å². The molecule has 0 unspecified atom stereocenters. The predicted molar refractivity (Wildman–Crippen MR) is 124 cm³/mol. The third-order valence-corrected chi connectivity index (χ3v) is 10.8. The van der Waals surface area contributed by atoms with Gasteiger partial charge in [0, 0.05) is 44.8 Å². The van der Waals surface area contributed by atoms with Crippen molar-refractivity contribution in [3.63, 3.8) is 0 Å². The van der Waals surface area contributed by atoms with Crippen LogP contribution in [0.1, 0.15) is 51.4 Å². The van der Waals surface area contributed by atoms with Crippen molar-refractivity contribution in [2.24, 2.45) is 23.2 Å². The first-order chi connectivity index (χ1) is 15.8. The van der Waals surface area contributed by atoms with E-state index < -0.39 is 10.0 Å². The Bertz CT molecular complexity index is 1020. The van der Waals surface area contributed by atoms with Gasteiger partial charge in [-0.15, -0.1) is 0 Å².